The SMILES string of the molecule is CCc1noc(-c2cn([C@@H]3CCN(C(=O)COc4ccc(F)cc4)C3)nn2)n1. The second-order valence-electron chi connectivity index (χ2n) is 6.48. The molecule has 9 nitrogen and oxygen atoms in total. The molecule has 10 heteroatoms. The number of likely N-dealkylation sites (tertiary alicyclic amines) is 1. The second-order valence-corrected chi connectivity index (χ2v) is 6.48. The molecule has 0 radical (unpaired) electrons. The molecule has 1 aliphatic heterocycles. The topological polar surface area (TPSA) is 99.2 Å². The number of carbonyl (C=O) groups is 1. The van der Waals surface area contributed by atoms with Crippen LogP contribution in [-0.4, -0.2) is 55.6 Å². The van der Waals surface area contributed by atoms with Gasteiger partial charge in [-0.05, 0) is 30.7 Å². The molecular formula is C18H19FN6O3. The van der Waals surface area contributed by atoms with E-state index in [0.717, 1.165) is 6.42 Å². The highest BCUT2D eigenvalue weighted by Crippen LogP contribution is 2.23. The number of hydrogen-bond acceptors (Lipinski definition) is 7. The van der Waals surface area contributed by atoms with Gasteiger partial charge in [0, 0.05) is 19.5 Å². The molecule has 146 valence electrons. The zero-order chi connectivity index (χ0) is 19.5. The molecule has 1 fully saturated rings. The molecule has 0 aliphatic carbocycles. The molecular weight excluding hydrogens is 367 g/mol. The third-order valence-electron chi connectivity index (χ3n) is 4.58. The van der Waals surface area contributed by atoms with Crippen LogP contribution in [0.15, 0.2) is 35.0 Å². The van der Waals surface area contributed by atoms with Crippen LogP contribution in [-0.2, 0) is 11.2 Å². The zero-order valence-electron chi connectivity index (χ0n) is 15.3. The molecule has 2 aromatic heterocycles. The fourth-order valence-corrected chi connectivity index (χ4v) is 3.01. The number of hydrogen-bond donors (Lipinski definition) is 0. The molecule has 3 heterocycles. The molecule has 0 N–H and O–H groups in total. The Bertz CT molecular complexity index is 954. The maximum Gasteiger partial charge on any atom is 0.280 e. The molecule has 1 amide bonds. The molecule has 1 atom stereocenters. The maximum absolute atomic E-state index is 12.9. The molecule has 3 aromatic rings. The van der Waals surface area contributed by atoms with E-state index in [9.17, 15) is 9.18 Å². The Morgan fingerprint density at radius 3 is 2.93 bits per heavy atom. The van der Waals surface area contributed by atoms with Gasteiger partial charge in [-0.15, -0.1) is 5.10 Å². The molecule has 0 spiro atoms. The van der Waals surface area contributed by atoms with E-state index >= 15 is 0 Å². The van der Waals surface area contributed by atoms with Crippen molar-refractivity contribution in [1.29, 1.82) is 0 Å². The Hall–Kier alpha value is -3.30. The highest BCUT2D eigenvalue weighted by atomic mass is 19.1. The average molecular weight is 386 g/mol. The van der Waals surface area contributed by atoms with Gasteiger partial charge in [-0.25, -0.2) is 9.07 Å². The van der Waals surface area contributed by atoms with Crippen molar-refractivity contribution in [1.82, 2.24) is 30.0 Å². The van der Waals surface area contributed by atoms with Crippen molar-refractivity contribution in [2.45, 2.75) is 25.8 Å². The first kappa shape index (κ1) is 18.1. The third-order valence-corrected chi connectivity index (χ3v) is 4.58. The van der Waals surface area contributed by atoms with Gasteiger partial charge in [-0.3, -0.25) is 4.79 Å². The highest BCUT2D eigenvalue weighted by Gasteiger charge is 2.29. The van der Waals surface area contributed by atoms with E-state index in [4.69, 9.17) is 9.26 Å². The number of halogens is 1. The summed E-state index contributed by atoms with van der Waals surface area (Å²) in [7, 11) is 0. The molecule has 1 aliphatic rings. The minimum Gasteiger partial charge on any atom is -0.484 e. The van der Waals surface area contributed by atoms with Crippen LogP contribution >= 0.6 is 0 Å². The quantitative estimate of drug-likeness (QED) is 0.638. The van der Waals surface area contributed by atoms with Crippen LogP contribution < -0.4 is 4.74 Å². The lowest BCUT2D eigenvalue weighted by Crippen LogP contribution is -2.33. The van der Waals surface area contributed by atoms with Crippen LogP contribution in [0.3, 0.4) is 0 Å². The Morgan fingerprint density at radius 2 is 2.18 bits per heavy atom. The molecule has 0 unspecified atom stereocenters. The number of rotatable bonds is 6. The van der Waals surface area contributed by atoms with E-state index in [2.05, 4.69) is 20.5 Å². The van der Waals surface area contributed by atoms with E-state index in [1.54, 1.807) is 15.8 Å². The maximum atomic E-state index is 12.9. The van der Waals surface area contributed by atoms with E-state index in [1.807, 2.05) is 6.92 Å². The minimum absolute atomic E-state index is 0.0181. The number of benzene rings is 1. The van der Waals surface area contributed by atoms with Crippen LogP contribution in [0, 0.1) is 5.82 Å². The van der Waals surface area contributed by atoms with E-state index in [1.165, 1.54) is 24.3 Å². The molecule has 1 saturated heterocycles. The monoisotopic (exact) mass is 386 g/mol. The Labute approximate surface area is 160 Å². The van der Waals surface area contributed by atoms with Crippen LogP contribution in [0.2, 0.25) is 0 Å². The second kappa shape index (κ2) is 7.75. The van der Waals surface area contributed by atoms with Crippen molar-refractivity contribution in [2.75, 3.05) is 19.7 Å². The first-order chi connectivity index (χ1) is 13.6. The first-order valence-corrected chi connectivity index (χ1v) is 9.03. The predicted octanol–water partition coefficient (Wildman–Crippen LogP) is 1.88. The largest absolute Gasteiger partial charge is 0.484 e. The lowest BCUT2D eigenvalue weighted by molar-refractivity contribution is -0.132. The van der Waals surface area contributed by atoms with Crippen LogP contribution in [0.1, 0.15) is 25.2 Å². The summed E-state index contributed by atoms with van der Waals surface area (Å²) < 4.78 is 25.2. The van der Waals surface area contributed by atoms with Crippen molar-refractivity contribution < 1.29 is 18.4 Å². The van der Waals surface area contributed by atoms with Gasteiger partial charge in [0.15, 0.2) is 18.1 Å². The Kier molecular flexibility index (Phi) is 5.00. The highest BCUT2D eigenvalue weighted by molar-refractivity contribution is 5.78. The van der Waals surface area contributed by atoms with Gasteiger partial charge in [0.1, 0.15) is 11.6 Å². The van der Waals surface area contributed by atoms with Crippen LogP contribution in [0.4, 0.5) is 4.39 Å². The summed E-state index contributed by atoms with van der Waals surface area (Å²) in [6.45, 7) is 2.96. The number of amides is 1. The molecule has 0 bridgehead atoms. The molecule has 1 aromatic carbocycles. The van der Waals surface area contributed by atoms with E-state index in [0.29, 0.717) is 42.7 Å². The van der Waals surface area contributed by atoms with Crippen molar-refractivity contribution in [2.24, 2.45) is 0 Å². The van der Waals surface area contributed by atoms with Gasteiger partial charge < -0.3 is 14.2 Å². The van der Waals surface area contributed by atoms with Gasteiger partial charge in [-0.2, -0.15) is 4.98 Å². The number of aryl methyl sites for hydroxylation is 1. The Morgan fingerprint density at radius 1 is 1.36 bits per heavy atom. The summed E-state index contributed by atoms with van der Waals surface area (Å²) in [5.41, 5.74) is 0.511. The predicted molar refractivity (Wildman–Crippen MR) is 94.8 cm³/mol. The van der Waals surface area contributed by atoms with Gasteiger partial charge in [0.05, 0.1) is 12.2 Å². The first-order valence-electron chi connectivity index (χ1n) is 9.03. The van der Waals surface area contributed by atoms with Gasteiger partial charge in [0.2, 0.25) is 0 Å². The summed E-state index contributed by atoms with van der Waals surface area (Å²) >= 11 is 0. The summed E-state index contributed by atoms with van der Waals surface area (Å²) in [5, 5.41) is 12.1. The summed E-state index contributed by atoms with van der Waals surface area (Å²) in [6.07, 6.45) is 3.19. The molecule has 0 saturated carbocycles. The van der Waals surface area contributed by atoms with Crippen LogP contribution in [0.25, 0.3) is 11.6 Å². The zero-order valence-corrected chi connectivity index (χ0v) is 15.3. The number of ether oxygens (including phenoxy) is 1. The summed E-state index contributed by atoms with van der Waals surface area (Å²) in [5.74, 6) is 0.929. The van der Waals surface area contributed by atoms with Crippen molar-refractivity contribution in [3.05, 3.63) is 42.1 Å². The lowest BCUT2D eigenvalue weighted by atomic mass is 10.3. The lowest BCUT2D eigenvalue weighted by Gasteiger charge is -2.16. The fourth-order valence-electron chi connectivity index (χ4n) is 3.01. The van der Waals surface area contributed by atoms with Crippen molar-refractivity contribution in [3.8, 4) is 17.3 Å². The smallest absolute Gasteiger partial charge is 0.280 e. The number of aromatic nitrogens is 5. The van der Waals surface area contributed by atoms with Crippen LogP contribution in [0.5, 0.6) is 5.75 Å². The van der Waals surface area contributed by atoms with E-state index in [-0.39, 0.29) is 24.4 Å². The number of carbonyl (C=O) groups excluding carboxylic acids is 1. The molecule has 28 heavy (non-hydrogen) atoms. The average Bonchev–Trinajstić information content (AvgIpc) is 3.46. The molecule has 4 rings (SSSR count). The number of nitrogens with zero attached hydrogens (tertiary/aromatic N) is 6. The summed E-state index contributed by atoms with van der Waals surface area (Å²) in [4.78, 5) is 18.3. The normalized spacial score (nSPS) is 16.5. The van der Waals surface area contributed by atoms with Gasteiger partial charge in [0.25, 0.3) is 11.8 Å². The van der Waals surface area contributed by atoms with Gasteiger partial charge in [-0.1, -0.05) is 17.3 Å². The third kappa shape index (κ3) is 3.85. The fraction of sp³-hybridized carbons (Fsp3) is 0.389. The Balaban J connectivity index is 1.33. The van der Waals surface area contributed by atoms with E-state index < -0.39 is 0 Å². The minimum atomic E-state index is -0.347. The van der Waals surface area contributed by atoms with Crippen molar-refractivity contribution in [3.63, 3.8) is 0 Å². The van der Waals surface area contributed by atoms with Crippen molar-refractivity contribution >= 4 is 5.91 Å². The van der Waals surface area contributed by atoms with Gasteiger partial charge >= 0.3 is 0 Å². The summed E-state index contributed by atoms with van der Waals surface area (Å²) in [6, 6.07) is 5.59. The standard InChI is InChI=1S/C18H19FN6O3/c1-2-16-20-18(28-22-16)15-10-25(23-21-15)13-7-8-24(9-13)17(26)11-27-14-5-3-12(19)4-6-14/h3-6,10,13H,2,7-9,11H2,1H3/t13-/m1/s1.